The van der Waals surface area contributed by atoms with Gasteiger partial charge in [-0.3, -0.25) is 4.79 Å². The molecule has 2 aromatic rings. The van der Waals surface area contributed by atoms with Gasteiger partial charge in [0.05, 0.1) is 5.56 Å². The van der Waals surface area contributed by atoms with Crippen molar-refractivity contribution in [2.45, 2.75) is 19.4 Å². The van der Waals surface area contributed by atoms with E-state index in [1.54, 1.807) is 12.3 Å². The molecule has 0 saturated carbocycles. The van der Waals surface area contributed by atoms with Crippen LogP contribution in [0.5, 0.6) is 0 Å². The number of para-hydroxylation sites is 1. The number of carbonyl (C=O) groups is 1. The number of benzene rings is 1. The molecule has 0 fully saturated rings. The van der Waals surface area contributed by atoms with Gasteiger partial charge in [0.25, 0.3) is 5.91 Å². The smallest absolute Gasteiger partial charge is 0.253 e. The Morgan fingerprint density at radius 1 is 1.53 bits per heavy atom. The number of hydrogen-bond donors (Lipinski definition) is 2. The average molecular weight is 228 g/mol. The van der Waals surface area contributed by atoms with E-state index in [2.05, 4.69) is 16.9 Å². The van der Waals surface area contributed by atoms with Gasteiger partial charge in [-0.2, -0.15) is 0 Å². The zero-order valence-electron chi connectivity index (χ0n) is 9.86. The molecule has 2 N–H and O–H groups in total. The third-order valence-corrected chi connectivity index (χ3v) is 2.73. The second-order valence-electron chi connectivity index (χ2n) is 4.15. The van der Waals surface area contributed by atoms with Gasteiger partial charge in [0.1, 0.15) is 0 Å². The Hall–Kier alpha value is -2.03. The first-order chi connectivity index (χ1) is 8.22. The van der Waals surface area contributed by atoms with Crippen molar-refractivity contribution in [2.24, 2.45) is 0 Å². The number of aromatic nitrogens is 1. The van der Waals surface area contributed by atoms with Crippen LogP contribution in [0.1, 0.15) is 23.7 Å². The quantitative estimate of drug-likeness (QED) is 0.776. The molecule has 0 aliphatic rings. The van der Waals surface area contributed by atoms with E-state index in [1.807, 2.05) is 31.2 Å². The lowest BCUT2D eigenvalue weighted by Crippen LogP contribution is -2.31. The molecule has 0 saturated heterocycles. The second kappa shape index (κ2) is 4.87. The van der Waals surface area contributed by atoms with E-state index in [1.165, 1.54) is 0 Å². The van der Waals surface area contributed by atoms with Crippen molar-refractivity contribution in [3.8, 4) is 0 Å². The highest BCUT2D eigenvalue weighted by molar-refractivity contribution is 6.06. The summed E-state index contributed by atoms with van der Waals surface area (Å²) in [4.78, 5) is 15.1. The molecular weight excluding hydrogens is 212 g/mol. The molecule has 88 valence electrons. The van der Waals surface area contributed by atoms with Crippen molar-refractivity contribution in [2.75, 3.05) is 0 Å². The highest BCUT2D eigenvalue weighted by Crippen LogP contribution is 2.17. The molecule has 0 radical (unpaired) electrons. The maximum absolute atomic E-state index is 12.0. The molecule has 3 heteroatoms. The molecule has 0 bridgehead atoms. The maximum Gasteiger partial charge on any atom is 0.253 e. The van der Waals surface area contributed by atoms with E-state index in [4.69, 9.17) is 0 Å². The summed E-state index contributed by atoms with van der Waals surface area (Å²) in [5.74, 6) is -0.0446. The summed E-state index contributed by atoms with van der Waals surface area (Å²) in [6.45, 7) is 5.63. The Bertz CT molecular complexity index is 542. The minimum atomic E-state index is -0.0446. The number of carbonyl (C=O) groups excluding carboxylic acids is 1. The van der Waals surface area contributed by atoms with Crippen molar-refractivity contribution in [3.63, 3.8) is 0 Å². The van der Waals surface area contributed by atoms with E-state index < -0.39 is 0 Å². The topological polar surface area (TPSA) is 44.9 Å². The largest absolute Gasteiger partial charge is 0.360 e. The fraction of sp³-hybridized carbons (Fsp3) is 0.214. The summed E-state index contributed by atoms with van der Waals surface area (Å²) in [7, 11) is 0. The third kappa shape index (κ3) is 2.38. The summed E-state index contributed by atoms with van der Waals surface area (Å²) in [5, 5.41) is 3.90. The molecule has 0 aliphatic carbocycles. The highest BCUT2D eigenvalue weighted by atomic mass is 16.1. The minimum Gasteiger partial charge on any atom is -0.360 e. The van der Waals surface area contributed by atoms with Gasteiger partial charge < -0.3 is 10.3 Å². The standard InChI is InChI=1S/C14H16N2O/c1-3-6-10(2)16-14(17)12-9-15-13-8-5-4-7-11(12)13/h3-5,7-10,15H,1,6H2,2H3,(H,16,17). The van der Waals surface area contributed by atoms with Crippen LogP contribution in [0.2, 0.25) is 0 Å². The molecule has 1 unspecified atom stereocenters. The second-order valence-corrected chi connectivity index (χ2v) is 4.15. The Kier molecular flexibility index (Phi) is 3.28. The first kappa shape index (κ1) is 11.5. The number of nitrogens with one attached hydrogen (secondary N) is 2. The summed E-state index contributed by atoms with van der Waals surface area (Å²) in [5.41, 5.74) is 1.67. The van der Waals surface area contributed by atoms with E-state index >= 15 is 0 Å². The third-order valence-electron chi connectivity index (χ3n) is 2.73. The van der Waals surface area contributed by atoms with E-state index in [-0.39, 0.29) is 11.9 Å². The van der Waals surface area contributed by atoms with Crippen LogP contribution in [-0.2, 0) is 0 Å². The fourth-order valence-electron chi connectivity index (χ4n) is 1.87. The van der Waals surface area contributed by atoms with Gasteiger partial charge in [-0.25, -0.2) is 0 Å². The number of H-pyrrole nitrogens is 1. The van der Waals surface area contributed by atoms with Gasteiger partial charge in [-0.05, 0) is 19.4 Å². The van der Waals surface area contributed by atoms with Gasteiger partial charge in [-0.15, -0.1) is 6.58 Å². The van der Waals surface area contributed by atoms with Crippen LogP contribution in [-0.4, -0.2) is 16.9 Å². The first-order valence-electron chi connectivity index (χ1n) is 5.70. The molecule has 1 aromatic carbocycles. The lowest BCUT2D eigenvalue weighted by atomic mass is 10.1. The van der Waals surface area contributed by atoms with Crippen LogP contribution in [0.4, 0.5) is 0 Å². The lowest BCUT2D eigenvalue weighted by Gasteiger charge is -2.10. The van der Waals surface area contributed by atoms with Gasteiger partial charge in [-0.1, -0.05) is 24.3 Å². The number of aromatic amines is 1. The van der Waals surface area contributed by atoms with Crippen molar-refractivity contribution >= 4 is 16.8 Å². The van der Waals surface area contributed by atoms with Gasteiger partial charge in [0, 0.05) is 23.1 Å². The molecule has 1 heterocycles. The van der Waals surface area contributed by atoms with Gasteiger partial charge >= 0.3 is 0 Å². The van der Waals surface area contributed by atoms with Crippen LogP contribution < -0.4 is 5.32 Å². The van der Waals surface area contributed by atoms with Crippen molar-refractivity contribution in [3.05, 3.63) is 48.7 Å². The molecule has 17 heavy (non-hydrogen) atoms. The Labute approximate surface area is 101 Å². The number of fused-ring (bicyclic) bond motifs is 1. The van der Waals surface area contributed by atoms with E-state index in [0.29, 0.717) is 5.56 Å². The van der Waals surface area contributed by atoms with Crippen LogP contribution in [0.15, 0.2) is 43.1 Å². The molecule has 0 spiro atoms. The summed E-state index contributed by atoms with van der Waals surface area (Å²) >= 11 is 0. The van der Waals surface area contributed by atoms with Gasteiger partial charge in [0.15, 0.2) is 0 Å². The van der Waals surface area contributed by atoms with Crippen molar-refractivity contribution in [1.82, 2.24) is 10.3 Å². The minimum absolute atomic E-state index is 0.0446. The Balaban J connectivity index is 2.22. The number of rotatable bonds is 4. The van der Waals surface area contributed by atoms with Crippen LogP contribution in [0.25, 0.3) is 10.9 Å². The number of amides is 1. The Morgan fingerprint density at radius 3 is 3.06 bits per heavy atom. The van der Waals surface area contributed by atoms with Crippen molar-refractivity contribution < 1.29 is 4.79 Å². The summed E-state index contributed by atoms with van der Waals surface area (Å²) in [6.07, 6.45) is 4.33. The monoisotopic (exact) mass is 228 g/mol. The summed E-state index contributed by atoms with van der Waals surface area (Å²) in [6, 6.07) is 7.88. The maximum atomic E-state index is 12.0. The van der Waals surface area contributed by atoms with E-state index in [0.717, 1.165) is 17.3 Å². The van der Waals surface area contributed by atoms with Crippen molar-refractivity contribution in [1.29, 1.82) is 0 Å². The molecule has 1 aromatic heterocycles. The molecule has 1 atom stereocenters. The lowest BCUT2D eigenvalue weighted by molar-refractivity contribution is 0.0942. The normalized spacial score (nSPS) is 12.3. The van der Waals surface area contributed by atoms with E-state index in [9.17, 15) is 4.79 Å². The SMILES string of the molecule is C=CCC(C)NC(=O)c1c[nH]c2ccccc12. The zero-order valence-corrected chi connectivity index (χ0v) is 9.86. The van der Waals surface area contributed by atoms with Crippen LogP contribution in [0, 0.1) is 0 Å². The predicted octanol–water partition coefficient (Wildman–Crippen LogP) is 2.86. The van der Waals surface area contributed by atoms with Crippen LogP contribution in [0.3, 0.4) is 0 Å². The molecule has 0 aliphatic heterocycles. The molecule has 3 nitrogen and oxygen atoms in total. The fourth-order valence-corrected chi connectivity index (χ4v) is 1.87. The first-order valence-corrected chi connectivity index (χ1v) is 5.70. The molecule has 1 amide bonds. The Morgan fingerprint density at radius 2 is 2.29 bits per heavy atom. The summed E-state index contributed by atoms with van der Waals surface area (Å²) < 4.78 is 0. The highest BCUT2D eigenvalue weighted by Gasteiger charge is 2.12. The average Bonchev–Trinajstić information content (AvgIpc) is 2.72. The molecular formula is C14H16N2O. The zero-order chi connectivity index (χ0) is 12.3. The predicted molar refractivity (Wildman–Crippen MR) is 70.0 cm³/mol. The van der Waals surface area contributed by atoms with Gasteiger partial charge in [0.2, 0.25) is 0 Å². The van der Waals surface area contributed by atoms with Crippen LogP contribution >= 0.6 is 0 Å². The number of hydrogen-bond acceptors (Lipinski definition) is 1. The molecule has 2 rings (SSSR count).